The predicted molar refractivity (Wildman–Crippen MR) is 80.7 cm³/mol. The van der Waals surface area contributed by atoms with Gasteiger partial charge in [0.2, 0.25) is 0 Å². The highest BCUT2D eigenvalue weighted by atomic mass is 35.5. The maximum absolute atomic E-state index is 12.3. The van der Waals surface area contributed by atoms with Gasteiger partial charge in [-0.1, -0.05) is 61.8 Å². The average Bonchev–Trinajstić information content (AvgIpc) is 2.45. The van der Waals surface area contributed by atoms with Gasteiger partial charge in [0.25, 0.3) is 5.91 Å². The van der Waals surface area contributed by atoms with E-state index in [-0.39, 0.29) is 17.9 Å². The van der Waals surface area contributed by atoms with Gasteiger partial charge >= 0.3 is 0 Å². The Morgan fingerprint density at radius 3 is 2.40 bits per heavy atom. The molecule has 1 atom stereocenters. The molecule has 2 rings (SSSR count). The number of aromatic nitrogens is 1. The van der Waals surface area contributed by atoms with Crippen LogP contribution in [0.2, 0.25) is 5.15 Å². The molecule has 20 heavy (non-hydrogen) atoms. The molecule has 1 heterocycles. The number of benzene rings is 1. The van der Waals surface area contributed by atoms with Crippen molar-refractivity contribution in [3.8, 4) is 0 Å². The fourth-order valence-corrected chi connectivity index (χ4v) is 2.21. The van der Waals surface area contributed by atoms with Gasteiger partial charge in [-0.2, -0.15) is 0 Å². The molecule has 1 amide bonds. The molecule has 0 aliphatic rings. The normalized spacial score (nSPS) is 12.2. The minimum absolute atomic E-state index is 0.0514. The van der Waals surface area contributed by atoms with E-state index < -0.39 is 0 Å². The molecule has 4 heteroatoms. The first-order valence-corrected chi connectivity index (χ1v) is 6.94. The van der Waals surface area contributed by atoms with E-state index in [1.54, 1.807) is 18.2 Å². The highest BCUT2D eigenvalue weighted by molar-refractivity contribution is 6.29. The summed E-state index contributed by atoms with van der Waals surface area (Å²) in [6, 6.07) is 14.9. The van der Waals surface area contributed by atoms with Crippen LogP contribution >= 0.6 is 11.6 Å². The topological polar surface area (TPSA) is 42.0 Å². The Kier molecular flexibility index (Phi) is 4.74. The quantitative estimate of drug-likeness (QED) is 0.868. The van der Waals surface area contributed by atoms with E-state index in [2.05, 4.69) is 24.1 Å². The molecule has 0 spiro atoms. The van der Waals surface area contributed by atoms with E-state index in [4.69, 9.17) is 11.6 Å². The molecule has 1 N–H and O–H groups in total. The molecule has 104 valence electrons. The molecule has 0 saturated heterocycles. The molecule has 0 fully saturated rings. The molecule has 0 radical (unpaired) electrons. The second-order valence-corrected chi connectivity index (χ2v) is 5.34. The van der Waals surface area contributed by atoms with Crippen molar-refractivity contribution in [3.05, 3.63) is 64.9 Å². The zero-order valence-electron chi connectivity index (χ0n) is 11.5. The molecule has 1 aromatic carbocycles. The number of rotatable bonds is 4. The van der Waals surface area contributed by atoms with Crippen LogP contribution in [0.25, 0.3) is 0 Å². The van der Waals surface area contributed by atoms with Crippen molar-refractivity contribution in [1.82, 2.24) is 10.3 Å². The van der Waals surface area contributed by atoms with E-state index in [0.29, 0.717) is 10.8 Å². The van der Waals surface area contributed by atoms with Crippen molar-refractivity contribution in [2.24, 2.45) is 5.92 Å². The van der Waals surface area contributed by atoms with Crippen LogP contribution in [0.4, 0.5) is 0 Å². The number of nitrogens with one attached hydrogen (secondary N) is 1. The van der Waals surface area contributed by atoms with Crippen molar-refractivity contribution >= 4 is 17.5 Å². The number of hydrogen-bond donors (Lipinski definition) is 1. The molecule has 2 aromatic rings. The lowest BCUT2D eigenvalue weighted by molar-refractivity contribution is 0.0920. The fourth-order valence-electron chi connectivity index (χ4n) is 2.05. The lowest BCUT2D eigenvalue weighted by atomic mass is 9.96. The largest absolute Gasteiger partial charge is 0.344 e. The van der Waals surface area contributed by atoms with Crippen LogP contribution in [-0.4, -0.2) is 10.9 Å². The van der Waals surface area contributed by atoms with Gasteiger partial charge in [-0.3, -0.25) is 4.79 Å². The van der Waals surface area contributed by atoms with E-state index in [1.165, 1.54) is 0 Å². The molecule has 3 nitrogen and oxygen atoms in total. The molecule has 0 aliphatic heterocycles. The second-order valence-electron chi connectivity index (χ2n) is 4.95. The molecule has 0 aliphatic carbocycles. The van der Waals surface area contributed by atoms with Gasteiger partial charge in [-0.05, 0) is 23.6 Å². The number of carbonyl (C=O) groups is 1. The highest BCUT2D eigenvalue weighted by Crippen LogP contribution is 2.21. The standard InChI is InChI=1S/C16H17ClN2O/c1-11(2)15(12-7-4-3-5-8-12)19-16(20)13-9-6-10-14(17)18-13/h3-11,15H,1-2H3,(H,19,20). The minimum Gasteiger partial charge on any atom is -0.344 e. The summed E-state index contributed by atoms with van der Waals surface area (Å²) in [5.74, 6) is 0.0654. The Hall–Kier alpha value is -1.87. The summed E-state index contributed by atoms with van der Waals surface area (Å²) in [5, 5.41) is 3.33. The van der Waals surface area contributed by atoms with Crippen molar-refractivity contribution in [1.29, 1.82) is 0 Å². The summed E-state index contributed by atoms with van der Waals surface area (Å²) in [7, 11) is 0. The van der Waals surface area contributed by atoms with Crippen LogP contribution in [0, 0.1) is 5.92 Å². The summed E-state index contributed by atoms with van der Waals surface area (Å²) in [4.78, 5) is 16.3. The van der Waals surface area contributed by atoms with Gasteiger partial charge in [0, 0.05) is 0 Å². The van der Waals surface area contributed by atoms with Gasteiger partial charge < -0.3 is 5.32 Å². The van der Waals surface area contributed by atoms with Crippen molar-refractivity contribution in [2.75, 3.05) is 0 Å². The summed E-state index contributed by atoms with van der Waals surface area (Å²) >= 11 is 5.81. The third kappa shape index (κ3) is 3.58. The Morgan fingerprint density at radius 1 is 1.10 bits per heavy atom. The first-order valence-electron chi connectivity index (χ1n) is 6.56. The SMILES string of the molecule is CC(C)C(NC(=O)c1cccc(Cl)n1)c1ccccc1. The number of pyridine rings is 1. The monoisotopic (exact) mass is 288 g/mol. The van der Waals surface area contributed by atoms with Gasteiger partial charge in [0.05, 0.1) is 6.04 Å². The van der Waals surface area contributed by atoms with E-state index in [0.717, 1.165) is 5.56 Å². The maximum atomic E-state index is 12.3. The minimum atomic E-state index is -0.213. The fraction of sp³-hybridized carbons (Fsp3) is 0.250. The van der Waals surface area contributed by atoms with Crippen LogP contribution in [0.5, 0.6) is 0 Å². The average molecular weight is 289 g/mol. The van der Waals surface area contributed by atoms with Crippen LogP contribution in [0.1, 0.15) is 35.9 Å². The highest BCUT2D eigenvalue weighted by Gasteiger charge is 2.19. The van der Waals surface area contributed by atoms with E-state index >= 15 is 0 Å². The zero-order valence-corrected chi connectivity index (χ0v) is 12.3. The van der Waals surface area contributed by atoms with Gasteiger partial charge in [-0.25, -0.2) is 4.98 Å². The summed E-state index contributed by atoms with van der Waals surface area (Å²) < 4.78 is 0. The van der Waals surface area contributed by atoms with Crippen LogP contribution in [0.15, 0.2) is 48.5 Å². The Bertz CT molecular complexity index is 584. The van der Waals surface area contributed by atoms with Crippen molar-refractivity contribution < 1.29 is 4.79 Å². The van der Waals surface area contributed by atoms with Crippen molar-refractivity contribution in [3.63, 3.8) is 0 Å². The number of halogens is 1. The Morgan fingerprint density at radius 2 is 1.80 bits per heavy atom. The third-order valence-corrected chi connectivity index (χ3v) is 3.27. The number of carbonyl (C=O) groups excluding carboxylic acids is 1. The zero-order chi connectivity index (χ0) is 14.5. The molecule has 0 bridgehead atoms. The molecular weight excluding hydrogens is 272 g/mol. The Balaban J connectivity index is 2.19. The van der Waals surface area contributed by atoms with Crippen LogP contribution in [0.3, 0.4) is 0 Å². The summed E-state index contributed by atoms with van der Waals surface area (Å²) in [6.45, 7) is 4.15. The molecule has 1 aromatic heterocycles. The maximum Gasteiger partial charge on any atom is 0.270 e. The first-order chi connectivity index (χ1) is 9.58. The number of hydrogen-bond acceptors (Lipinski definition) is 2. The summed E-state index contributed by atoms with van der Waals surface area (Å²) in [5.41, 5.74) is 1.41. The predicted octanol–water partition coefficient (Wildman–Crippen LogP) is 3.86. The van der Waals surface area contributed by atoms with E-state index in [9.17, 15) is 4.79 Å². The lowest BCUT2D eigenvalue weighted by Gasteiger charge is -2.22. The lowest BCUT2D eigenvalue weighted by Crippen LogP contribution is -2.32. The molecular formula is C16H17ClN2O. The molecule has 1 unspecified atom stereocenters. The number of amides is 1. The molecule has 0 saturated carbocycles. The van der Waals surface area contributed by atoms with Gasteiger partial charge in [0.1, 0.15) is 10.8 Å². The third-order valence-electron chi connectivity index (χ3n) is 3.06. The van der Waals surface area contributed by atoms with Gasteiger partial charge in [-0.15, -0.1) is 0 Å². The van der Waals surface area contributed by atoms with E-state index in [1.807, 2.05) is 30.3 Å². The summed E-state index contributed by atoms with van der Waals surface area (Å²) in [6.07, 6.45) is 0. The van der Waals surface area contributed by atoms with Crippen LogP contribution < -0.4 is 5.32 Å². The Labute approximate surface area is 124 Å². The smallest absolute Gasteiger partial charge is 0.270 e. The first kappa shape index (κ1) is 14.5. The number of nitrogens with zero attached hydrogens (tertiary/aromatic N) is 1. The van der Waals surface area contributed by atoms with Crippen LogP contribution in [-0.2, 0) is 0 Å². The second kappa shape index (κ2) is 6.53. The van der Waals surface area contributed by atoms with Gasteiger partial charge in [0.15, 0.2) is 0 Å². The van der Waals surface area contributed by atoms with Crippen molar-refractivity contribution in [2.45, 2.75) is 19.9 Å².